The van der Waals surface area contributed by atoms with Crippen molar-refractivity contribution in [2.45, 2.75) is 31.6 Å². The lowest BCUT2D eigenvalue weighted by molar-refractivity contribution is 0.0742. The first-order chi connectivity index (χ1) is 14.9. The Labute approximate surface area is 191 Å². The van der Waals surface area contributed by atoms with E-state index in [4.69, 9.17) is 16.1 Å². The zero-order valence-corrected chi connectivity index (χ0v) is 19.5. The Balaban J connectivity index is 1.44. The van der Waals surface area contributed by atoms with E-state index in [0.29, 0.717) is 24.4 Å². The van der Waals surface area contributed by atoms with Crippen LogP contribution in [-0.4, -0.2) is 47.1 Å². The first-order valence-electron chi connectivity index (χ1n) is 10.2. The molecule has 0 spiro atoms. The summed E-state index contributed by atoms with van der Waals surface area (Å²) in [4.78, 5) is 22.0. The van der Waals surface area contributed by atoms with Crippen LogP contribution in [0.3, 0.4) is 0 Å². The van der Waals surface area contributed by atoms with Gasteiger partial charge in [0.2, 0.25) is 0 Å². The number of rotatable bonds is 5. The number of halogens is 1. The van der Waals surface area contributed by atoms with Gasteiger partial charge in [0.25, 0.3) is 5.91 Å². The molecule has 0 atom stereocenters. The van der Waals surface area contributed by atoms with E-state index < -0.39 is 0 Å². The third kappa shape index (κ3) is 4.72. The maximum absolute atomic E-state index is 13.3. The number of pyridine rings is 1. The van der Waals surface area contributed by atoms with Gasteiger partial charge < -0.3 is 14.3 Å². The maximum atomic E-state index is 13.3. The minimum Gasteiger partial charge on any atom is -0.368 e. The molecule has 0 N–H and O–H groups in total. The van der Waals surface area contributed by atoms with Gasteiger partial charge in [-0.3, -0.25) is 4.79 Å². The molecule has 162 valence electrons. The minimum atomic E-state index is 0.0248. The van der Waals surface area contributed by atoms with E-state index in [2.05, 4.69) is 22.0 Å². The zero-order valence-electron chi connectivity index (χ0n) is 17.9. The summed E-state index contributed by atoms with van der Waals surface area (Å²) in [6, 6.07) is 9.62. The summed E-state index contributed by atoms with van der Waals surface area (Å²) in [7, 11) is 0. The molecule has 0 aliphatic carbocycles. The van der Waals surface area contributed by atoms with Crippen molar-refractivity contribution in [1.82, 2.24) is 15.0 Å². The second-order valence-electron chi connectivity index (χ2n) is 7.66. The number of nitrogens with zero attached hydrogens (tertiary/aromatic N) is 4. The number of carbonyl (C=O) groups excluding carboxylic acids is 1. The van der Waals surface area contributed by atoms with Crippen molar-refractivity contribution in [2.75, 3.05) is 31.1 Å². The van der Waals surface area contributed by atoms with Crippen molar-refractivity contribution in [2.24, 2.45) is 0 Å². The fourth-order valence-electron chi connectivity index (χ4n) is 3.76. The van der Waals surface area contributed by atoms with E-state index in [-0.39, 0.29) is 5.91 Å². The number of carbonyl (C=O) groups is 1. The van der Waals surface area contributed by atoms with Gasteiger partial charge in [-0.15, -0.1) is 11.8 Å². The van der Waals surface area contributed by atoms with Crippen molar-refractivity contribution >= 4 is 35.0 Å². The highest BCUT2D eigenvalue weighted by molar-refractivity contribution is 7.98. The largest absolute Gasteiger partial charge is 0.368 e. The number of hydrogen-bond donors (Lipinski definition) is 0. The highest BCUT2D eigenvalue weighted by atomic mass is 35.5. The van der Waals surface area contributed by atoms with Crippen LogP contribution >= 0.6 is 23.4 Å². The number of aryl methyl sites for hydroxylation is 3. The minimum absolute atomic E-state index is 0.0248. The molecule has 0 bridgehead atoms. The maximum Gasteiger partial charge on any atom is 0.256 e. The van der Waals surface area contributed by atoms with Crippen molar-refractivity contribution in [3.05, 3.63) is 69.7 Å². The molecular weight excluding hydrogens is 432 g/mol. The number of amides is 1. The molecule has 31 heavy (non-hydrogen) atoms. The van der Waals surface area contributed by atoms with Gasteiger partial charge in [-0.1, -0.05) is 22.8 Å². The molecule has 6 nitrogen and oxygen atoms in total. The normalized spacial score (nSPS) is 14.2. The van der Waals surface area contributed by atoms with Crippen LogP contribution in [0.2, 0.25) is 5.02 Å². The lowest BCUT2D eigenvalue weighted by atomic mass is 10.1. The lowest BCUT2D eigenvalue weighted by Gasteiger charge is -2.37. The molecule has 1 fully saturated rings. The topological polar surface area (TPSA) is 62.5 Å². The van der Waals surface area contributed by atoms with Crippen LogP contribution in [0.1, 0.15) is 32.9 Å². The molecule has 1 aliphatic heterocycles. The summed E-state index contributed by atoms with van der Waals surface area (Å²) in [5.41, 5.74) is 4.90. The van der Waals surface area contributed by atoms with E-state index in [1.54, 1.807) is 18.0 Å². The molecular formula is C23H25ClN4O2S. The highest BCUT2D eigenvalue weighted by Gasteiger charge is 2.25. The number of hydrogen-bond acceptors (Lipinski definition) is 6. The second-order valence-corrected chi connectivity index (χ2v) is 9.06. The van der Waals surface area contributed by atoms with Gasteiger partial charge >= 0.3 is 0 Å². The number of piperazine rings is 1. The van der Waals surface area contributed by atoms with E-state index >= 15 is 0 Å². The van der Waals surface area contributed by atoms with E-state index in [0.717, 1.165) is 45.8 Å². The van der Waals surface area contributed by atoms with Gasteiger partial charge in [0.15, 0.2) is 0 Å². The molecule has 0 unspecified atom stereocenters. The summed E-state index contributed by atoms with van der Waals surface area (Å²) >= 11 is 7.73. The van der Waals surface area contributed by atoms with E-state index in [1.165, 1.54) is 5.56 Å². The average Bonchev–Trinajstić information content (AvgIpc) is 3.11. The molecule has 0 saturated carbocycles. The standard InChI is InChI=1S/C23H25ClN4O2S/c1-15-6-7-18(24)13-21(15)27-9-11-28(12-10-27)23(29)19-5-4-8-25-22(19)31-14-20-16(2)26-30-17(20)3/h4-8,13H,9-12,14H2,1-3H3. The smallest absolute Gasteiger partial charge is 0.256 e. The molecule has 8 heteroatoms. The van der Waals surface area contributed by atoms with Crippen LogP contribution < -0.4 is 4.90 Å². The van der Waals surface area contributed by atoms with E-state index in [1.807, 2.05) is 49.1 Å². The lowest BCUT2D eigenvalue weighted by Crippen LogP contribution is -2.49. The van der Waals surface area contributed by atoms with Gasteiger partial charge in [-0.05, 0) is 50.6 Å². The highest BCUT2D eigenvalue weighted by Crippen LogP contribution is 2.29. The monoisotopic (exact) mass is 456 g/mol. The summed E-state index contributed by atoms with van der Waals surface area (Å²) in [6.45, 7) is 8.78. The quantitative estimate of drug-likeness (QED) is 0.509. The number of anilines is 1. The summed E-state index contributed by atoms with van der Waals surface area (Å²) in [5, 5.41) is 5.47. The number of aromatic nitrogens is 2. The Bertz CT molecular complexity index is 1070. The van der Waals surface area contributed by atoms with Gasteiger partial charge in [-0.25, -0.2) is 4.98 Å². The van der Waals surface area contributed by atoms with Gasteiger partial charge in [0.05, 0.1) is 11.3 Å². The van der Waals surface area contributed by atoms with Crippen LogP contribution in [0.15, 0.2) is 46.1 Å². The van der Waals surface area contributed by atoms with Crippen LogP contribution in [0.25, 0.3) is 0 Å². The Kier molecular flexibility index (Phi) is 6.53. The predicted molar refractivity (Wildman–Crippen MR) is 124 cm³/mol. The van der Waals surface area contributed by atoms with Crippen LogP contribution in [0, 0.1) is 20.8 Å². The van der Waals surface area contributed by atoms with Crippen molar-refractivity contribution in [3.63, 3.8) is 0 Å². The van der Waals surface area contributed by atoms with Crippen molar-refractivity contribution < 1.29 is 9.32 Å². The molecule has 2 aromatic heterocycles. The van der Waals surface area contributed by atoms with Gasteiger partial charge in [0.1, 0.15) is 10.8 Å². The van der Waals surface area contributed by atoms with Crippen LogP contribution in [0.4, 0.5) is 5.69 Å². The zero-order chi connectivity index (χ0) is 22.0. The van der Waals surface area contributed by atoms with Gasteiger partial charge in [0, 0.05) is 54.4 Å². The SMILES string of the molecule is Cc1ccc(Cl)cc1N1CCN(C(=O)c2cccnc2SCc2c(C)noc2C)CC1. The van der Waals surface area contributed by atoms with Crippen molar-refractivity contribution in [3.8, 4) is 0 Å². The molecule has 3 aromatic rings. The second kappa shape index (κ2) is 9.32. The van der Waals surface area contributed by atoms with Crippen molar-refractivity contribution in [1.29, 1.82) is 0 Å². The first-order valence-corrected chi connectivity index (χ1v) is 11.6. The molecule has 1 amide bonds. The summed E-state index contributed by atoms with van der Waals surface area (Å²) in [5.74, 6) is 1.50. The summed E-state index contributed by atoms with van der Waals surface area (Å²) < 4.78 is 5.25. The summed E-state index contributed by atoms with van der Waals surface area (Å²) in [6.07, 6.45) is 1.73. The fourth-order valence-corrected chi connectivity index (χ4v) is 5.07. The van der Waals surface area contributed by atoms with Crippen LogP contribution in [-0.2, 0) is 5.75 Å². The Morgan fingerprint density at radius 1 is 1.16 bits per heavy atom. The molecule has 1 aliphatic rings. The molecule has 4 rings (SSSR count). The molecule has 3 heterocycles. The molecule has 1 aromatic carbocycles. The molecule has 0 radical (unpaired) electrons. The average molecular weight is 457 g/mol. The predicted octanol–water partition coefficient (Wildman–Crippen LogP) is 4.90. The third-order valence-electron chi connectivity index (χ3n) is 5.61. The third-order valence-corrected chi connectivity index (χ3v) is 6.88. The number of thioether (sulfide) groups is 1. The Morgan fingerprint density at radius 2 is 1.94 bits per heavy atom. The Hall–Kier alpha value is -2.51. The molecule has 1 saturated heterocycles. The van der Waals surface area contributed by atoms with Gasteiger partial charge in [-0.2, -0.15) is 0 Å². The first kappa shape index (κ1) is 21.7. The fraction of sp³-hybridized carbons (Fsp3) is 0.348. The Morgan fingerprint density at radius 3 is 2.65 bits per heavy atom. The van der Waals surface area contributed by atoms with E-state index in [9.17, 15) is 4.79 Å². The number of benzene rings is 1. The van der Waals surface area contributed by atoms with Crippen LogP contribution in [0.5, 0.6) is 0 Å².